The molecule has 2 fully saturated rings. The molecule has 0 aliphatic carbocycles. The van der Waals surface area contributed by atoms with Gasteiger partial charge in [-0.3, -0.25) is 4.79 Å². The molecule has 110 valence electrons. The van der Waals surface area contributed by atoms with E-state index in [1.807, 2.05) is 0 Å². The number of carbonyl (C=O) groups excluding carboxylic acids is 1. The zero-order valence-electron chi connectivity index (χ0n) is 10.4. The molecule has 8 nitrogen and oxygen atoms in total. The van der Waals surface area contributed by atoms with Crippen LogP contribution in [0.3, 0.4) is 0 Å². The van der Waals surface area contributed by atoms with Crippen LogP contribution in [0.4, 0.5) is 0 Å². The SMILES string of the molecule is O=C(OC[C@H]1O[C@](O)(CO)[C@H](O)[C@@H]1O)[C@@H]1CCCN1. The summed E-state index contributed by atoms with van der Waals surface area (Å²) in [4.78, 5) is 11.6. The molecule has 2 heterocycles. The Morgan fingerprint density at radius 3 is 2.74 bits per heavy atom. The Hall–Kier alpha value is -0.770. The first-order chi connectivity index (χ1) is 8.98. The van der Waals surface area contributed by atoms with Gasteiger partial charge in [-0.2, -0.15) is 0 Å². The van der Waals surface area contributed by atoms with Crippen LogP contribution >= 0.6 is 0 Å². The summed E-state index contributed by atoms with van der Waals surface area (Å²) in [5.74, 6) is -2.68. The fourth-order valence-electron chi connectivity index (χ4n) is 2.29. The van der Waals surface area contributed by atoms with Gasteiger partial charge < -0.3 is 35.2 Å². The molecule has 0 saturated carbocycles. The summed E-state index contributed by atoms with van der Waals surface area (Å²) in [6.45, 7) is -0.400. The van der Waals surface area contributed by atoms with Crippen LogP contribution in [-0.2, 0) is 14.3 Å². The van der Waals surface area contributed by atoms with Gasteiger partial charge in [-0.1, -0.05) is 0 Å². The molecule has 0 amide bonds. The lowest BCUT2D eigenvalue weighted by molar-refractivity contribution is -0.249. The monoisotopic (exact) mass is 277 g/mol. The Labute approximate surface area is 109 Å². The van der Waals surface area contributed by atoms with E-state index in [-0.39, 0.29) is 12.6 Å². The number of carbonyl (C=O) groups is 1. The van der Waals surface area contributed by atoms with E-state index in [0.29, 0.717) is 6.42 Å². The number of nitrogens with one attached hydrogen (secondary N) is 1. The maximum atomic E-state index is 11.6. The number of hydrogen-bond donors (Lipinski definition) is 5. The van der Waals surface area contributed by atoms with Gasteiger partial charge >= 0.3 is 5.97 Å². The standard InChI is InChI=1S/C11H19NO7/c13-5-11(17)9(15)8(14)7(19-11)4-18-10(16)6-2-1-3-12-6/h6-9,12-15,17H,1-5H2/t6-,7+,8+,9+,11+/m0/s1. The van der Waals surface area contributed by atoms with Crippen LogP contribution in [-0.4, -0.2) is 76.3 Å². The Kier molecular flexibility index (Phi) is 4.39. The normalized spacial score (nSPS) is 42.5. The van der Waals surface area contributed by atoms with Crippen molar-refractivity contribution in [3.63, 3.8) is 0 Å². The van der Waals surface area contributed by atoms with Crippen molar-refractivity contribution >= 4 is 5.97 Å². The number of esters is 1. The zero-order chi connectivity index (χ0) is 14.0. The molecule has 5 N–H and O–H groups in total. The van der Waals surface area contributed by atoms with Gasteiger partial charge in [0.15, 0.2) is 0 Å². The van der Waals surface area contributed by atoms with E-state index in [2.05, 4.69) is 5.32 Å². The van der Waals surface area contributed by atoms with E-state index in [1.165, 1.54) is 0 Å². The molecule has 0 bridgehead atoms. The molecule has 0 radical (unpaired) electrons. The van der Waals surface area contributed by atoms with Gasteiger partial charge in [-0.05, 0) is 19.4 Å². The van der Waals surface area contributed by atoms with Gasteiger partial charge in [0.05, 0.1) is 6.61 Å². The Morgan fingerprint density at radius 2 is 2.21 bits per heavy atom. The average Bonchev–Trinajstić information content (AvgIpc) is 3.01. The van der Waals surface area contributed by atoms with Gasteiger partial charge in [0.2, 0.25) is 5.79 Å². The number of aliphatic hydroxyl groups excluding tert-OH is 3. The number of ether oxygens (including phenoxy) is 2. The highest BCUT2D eigenvalue weighted by Gasteiger charge is 2.53. The Balaban J connectivity index is 1.84. The van der Waals surface area contributed by atoms with Gasteiger partial charge in [0.1, 0.15) is 31.0 Å². The molecule has 2 rings (SSSR count). The number of rotatable bonds is 4. The maximum Gasteiger partial charge on any atom is 0.323 e. The third kappa shape index (κ3) is 2.88. The van der Waals surface area contributed by atoms with E-state index in [1.54, 1.807) is 0 Å². The van der Waals surface area contributed by atoms with E-state index < -0.39 is 36.7 Å². The average molecular weight is 277 g/mol. The fraction of sp³-hybridized carbons (Fsp3) is 0.909. The second kappa shape index (κ2) is 5.70. The first-order valence-electron chi connectivity index (χ1n) is 6.25. The van der Waals surface area contributed by atoms with Crippen molar-refractivity contribution in [2.75, 3.05) is 19.8 Å². The van der Waals surface area contributed by atoms with E-state index in [4.69, 9.17) is 14.6 Å². The van der Waals surface area contributed by atoms with Gasteiger partial charge in [0.25, 0.3) is 0 Å². The zero-order valence-corrected chi connectivity index (χ0v) is 10.4. The van der Waals surface area contributed by atoms with Crippen molar-refractivity contribution in [2.24, 2.45) is 0 Å². The summed E-state index contributed by atoms with van der Waals surface area (Å²) in [7, 11) is 0. The molecule has 0 aromatic heterocycles. The fourth-order valence-corrected chi connectivity index (χ4v) is 2.29. The highest BCUT2D eigenvalue weighted by molar-refractivity contribution is 5.76. The Bertz CT molecular complexity index is 333. The lowest BCUT2D eigenvalue weighted by atomic mass is 10.1. The molecular formula is C11H19NO7. The molecule has 0 spiro atoms. The lowest BCUT2D eigenvalue weighted by Crippen LogP contribution is -2.46. The Morgan fingerprint density at radius 1 is 1.47 bits per heavy atom. The van der Waals surface area contributed by atoms with Gasteiger partial charge in [0, 0.05) is 0 Å². The molecule has 0 aromatic carbocycles. The van der Waals surface area contributed by atoms with Crippen molar-refractivity contribution in [1.29, 1.82) is 0 Å². The molecule has 5 atom stereocenters. The minimum Gasteiger partial charge on any atom is -0.462 e. The number of hydrogen-bond acceptors (Lipinski definition) is 8. The van der Waals surface area contributed by atoms with Crippen molar-refractivity contribution in [3.05, 3.63) is 0 Å². The molecule has 0 aromatic rings. The van der Waals surface area contributed by atoms with Crippen molar-refractivity contribution in [1.82, 2.24) is 5.32 Å². The second-order valence-corrected chi connectivity index (χ2v) is 4.87. The highest BCUT2D eigenvalue weighted by atomic mass is 16.7. The highest BCUT2D eigenvalue weighted by Crippen LogP contribution is 2.29. The summed E-state index contributed by atoms with van der Waals surface area (Å²) in [5, 5.41) is 40.7. The quantitative estimate of drug-likeness (QED) is 0.346. The summed E-state index contributed by atoms with van der Waals surface area (Å²) in [6.07, 6.45) is -2.56. The van der Waals surface area contributed by atoms with Crippen LogP contribution < -0.4 is 5.32 Å². The molecule has 8 heteroatoms. The van der Waals surface area contributed by atoms with Crippen molar-refractivity contribution in [2.45, 2.75) is 43.0 Å². The molecule has 2 saturated heterocycles. The van der Waals surface area contributed by atoms with Crippen molar-refractivity contribution < 1.29 is 34.7 Å². The molecule has 19 heavy (non-hydrogen) atoms. The first-order valence-corrected chi connectivity index (χ1v) is 6.25. The van der Waals surface area contributed by atoms with E-state index in [0.717, 1.165) is 13.0 Å². The minimum absolute atomic E-state index is 0.294. The van der Waals surface area contributed by atoms with Crippen LogP contribution in [0.1, 0.15) is 12.8 Å². The molecule has 2 aliphatic heterocycles. The summed E-state index contributed by atoms with van der Waals surface area (Å²) in [6, 6.07) is -0.361. The molecular weight excluding hydrogens is 258 g/mol. The van der Waals surface area contributed by atoms with Crippen LogP contribution in [0.5, 0.6) is 0 Å². The van der Waals surface area contributed by atoms with Crippen LogP contribution in [0.25, 0.3) is 0 Å². The third-order valence-corrected chi connectivity index (χ3v) is 3.48. The van der Waals surface area contributed by atoms with E-state index in [9.17, 15) is 20.1 Å². The third-order valence-electron chi connectivity index (χ3n) is 3.48. The topological polar surface area (TPSA) is 128 Å². The van der Waals surface area contributed by atoms with Gasteiger partial charge in [-0.15, -0.1) is 0 Å². The van der Waals surface area contributed by atoms with Crippen LogP contribution in [0.15, 0.2) is 0 Å². The summed E-state index contributed by atoms with van der Waals surface area (Å²) >= 11 is 0. The predicted molar refractivity (Wildman–Crippen MR) is 60.9 cm³/mol. The summed E-state index contributed by atoms with van der Waals surface area (Å²) < 4.78 is 9.92. The van der Waals surface area contributed by atoms with Crippen LogP contribution in [0, 0.1) is 0 Å². The predicted octanol–water partition coefficient (Wildman–Crippen LogP) is -2.92. The smallest absolute Gasteiger partial charge is 0.323 e. The van der Waals surface area contributed by atoms with Crippen LogP contribution in [0.2, 0.25) is 0 Å². The summed E-state index contributed by atoms with van der Waals surface area (Å²) in [5.41, 5.74) is 0. The van der Waals surface area contributed by atoms with Crippen molar-refractivity contribution in [3.8, 4) is 0 Å². The maximum absolute atomic E-state index is 11.6. The molecule has 0 unspecified atom stereocenters. The second-order valence-electron chi connectivity index (χ2n) is 4.87. The van der Waals surface area contributed by atoms with Gasteiger partial charge in [-0.25, -0.2) is 0 Å². The molecule has 2 aliphatic rings. The minimum atomic E-state index is -2.22. The first kappa shape index (κ1) is 14.6. The number of aliphatic hydroxyl groups is 4. The largest absolute Gasteiger partial charge is 0.462 e. The lowest BCUT2D eigenvalue weighted by Gasteiger charge is -2.22. The van der Waals surface area contributed by atoms with E-state index >= 15 is 0 Å².